The maximum Gasteiger partial charge on any atom is 0.317 e. The highest BCUT2D eigenvalue weighted by atomic mass is 16.4. The summed E-state index contributed by atoms with van der Waals surface area (Å²) in [5, 5.41) is 42.6. The van der Waals surface area contributed by atoms with E-state index in [-0.39, 0.29) is 13.1 Å². The van der Waals surface area contributed by atoms with Gasteiger partial charge in [0.1, 0.15) is 0 Å². The third-order valence-electron chi connectivity index (χ3n) is 4.13. The number of nitrogens with one attached hydrogen (secondary N) is 8. The van der Waals surface area contributed by atoms with Crippen molar-refractivity contribution in [1.82, 2.24) is 42.5 Å². The van der Waals surface area contributed by atoms with E-state index in [1.54, 1.807) is 0 Å². The number of hydrogen-bond donors (Lipinski definition) is 10. The van der Waals surface area contributed by atoms with Gasteiger partial charge in [-0.2, -0.15) is 0 Å². The van der Waals surface area contributed by atoms with Gasteiger partial charge >= 0.3 is 11.9 Å². The molecule has 184 valence electrons. The molecule has 0 aliphatic rings. The second-order valence-electron chi connectivity index (χ2n) is 6.99. The molecule has 0 fully saturated rings. The Hall–Kier alpha value is -1.38. The fraction of sp³-hybridized carbons (Fsp3) is 0.895. The van der Waals surface area contributed by atoms with Crippen LogP contribution in [0.3, 0.4) is 0 Å². The molecule has 10 N–H and O–H groups in total. The summed E-state index contributed by atoms with van der Waals surface area (Å²) in [6, 6.07) is 0. The van der Waals surface area contributed by atoms with Gasteiger partial charge in [0.2, 0.25) is 0 Å². The first-order chi connectivity index (χ1) is 15.1. The van der Waals surface area contributed by atoms with Crippen LogP contribution in [0.2, 0.25) is 0 Å². The summed E-state index contributed by atoms with van der Waals surface area (Å²) in [5.74, 6) is -1.66. The predicted octanol–water partition coefficient (Wildman–Crippen LogP) is -3.74. The number of carboxylic acid groups (broad SMARTS) is 2. The molecule has 0 aliphatic carbocycles. The first-order valence-corrected chi connectivity index (χ1v) is 11.2. The standard InChI is InChI=1S/C19H44N8O4/c28-18(29)16-26-14-12-24-10-8-22-6-4-20-2-1-3-21-5-7-23-9-11-25-13-15-27-17-19(30)31/h20-27H,1-17H2,(H,28,29)(H,30,31). The van der Waals surface area contributed by atoms with Gasteiger partial charge in [0.05, 0.1) is 13.1 Å². The maximum atomic E-state index is 10.3. The lowest BCUT2D eigenvalue weighted by atomic mass is 10.4. The Morgan fingerprint density at radius 1 is 0.387 bits per heavy atom. The van der Waals surface area contributed by atoms with E-state index in [1.165, 1.54) is 0 Å². The second kappa shape index (κ2) is 24.9. The Morgan fingerprint density at radius 3 is 0.871 bits per heavy atom. The zero-order valence-corrected chi connectivity index (χ0v) is 18.7. The molecule has 0 bridgehead atoms. The van der Waals surface area contributed by atoms with E-state index in [9.17, 15) is 9.59 Å². The van der Waals surface area contributed by atoms with Crippen LogP contribution in [0.5, 0.6) is 0 Å². The summed E-state index contributed by atoms with van der Waals surface area (Å²) >= 11 is 0. The minimum absolute atomic E-state index is 0.00783. The molecule has 12 nitrogen and oxygen atoms in total. The van der Waals surface area contributed by atoms with Crippen LogP contribution >= 0.6 is 0 Å². The highest BCUT2D eigenvalue weighted by Crippen LogP contribution is 1.73. The van der Waals surface area contributed by atoms with Gasteiger partial charge in [-0.1, -0.05) is 0 Å². The van der Waals surface area contributed by atoms with E-state index in [1.807, 2.05) is 0 Å². The van der Waals surface area contributed by atoms with Crippen LogP contribution in [0.1, 0.15) is 6.42 Å². The Kier molecular flexibility index (Phi) is 23.8. The van der Waals surface area contributed by atoms with Gasteiger partial charge in [0, 0.05) is 78.5 Å². The van der Waals surface area contributed by atoms with Crippen molar-refractivity contribution < 1.29 is 19.8 Å². The fourth-order valence-electron chi connectivity index (χ4n) is 2.54. The number of carboxylic acids is 2. The zero-order valence-electron chi connectivity index (χ0n) is 18.7. The van der Waals surface area contributed by atoms with E-state index in [0.717, 1.165) is 85.0 Å². The summed E-state index contributed by atoms with van der Waals surface area (Å²) in [4.78, 5) is 20.6. The number of carbonyl (C=O) groups is 2. The van der Waals surface area contributed by atoms with Crippen LogP contribution in [0.25, 0.3) is 0 Å². The van der Waals surface area contributed by atoms with Crippen molar-refractivity contribution in [3.63, 3.8) is 0 Å². The number of aliphatic carboxylic acids is 2. The molecule has 0 heterocycles. The normalized spacial score (nSPS) is 11.1. The number of rotatable bonds is 26. The largest absolute Gasteiger partial charge is 0.480 e. The van der Waals surface area contributed by atoms with Gasteiger partial charge in [-0.05, 0) is 19.5 Å². The average Bonchev–Trinajstić information content (AvgIpc) is 2.73. The van der Waals surface area contributed by atoms with Crippen molar-refractivity contribution in [2.24, 2.45) is 0 Å². The molecule has 0 aromatic carbocycles. The topological polar surface area (TPSA) is 171 Å². The molecular formula is C19H44N8O4. The minimum atomic E-state index is -0.830. The summed E-state index contributed by atoms with van der Waals surface area (Å²) < 4.78 is 0. The predicted molar refractivity (Wildman–Crippen MR) is 123 cm³/mol. The molecule has 0 radical (unpaired) electrons. The smallest absolute Gasteiger partial charge is 0.317 e. The highest BCUT2D eigenvalue weighted by Gasteiger charge is 1.95. The summed E-state index contributed by atoms with van der Waals surface area (Å²) in [6.45, 7) is 12.1. The van der Waals surface area contributed by atoms with Crippen LogP contribution in [-0.2, 0) is 9.59 Å². The molecule has 0 amide bonds. The molecular weight excluding hydrogens is 404 g/mol. The van der Waals surface area contributed by atoms with Crippen LogP contribution in [-0.4, -0.2) is 127 Å². The van der Waals surface area contributed by atoms with E-state index >= 15 is 0 Å². The SMILES string of the molecule is O=C(O)CNCCNCCNCCNCCCNCCNCCNCCNCC(=O)O. The molecule has 0 aromatic heterocycles. The Bertz CT molecular complexity index is 382. The molecule has 0 spiro atoms. The first kappa shape index (κ1) is 29.6. The van der Waals surface area contributed by atoms with Gasteiger partial charge in [-0.25, -0.2) is 0 Å². The summed E-state index contributed by atoms with van der Waals surface area (Å²) in [5.41, 5.74) is 0. The molecule has 12 heteroatoms. The Balaban J connectivity index is 3.02. The van der Waals surface area contributed by atoms with Crippen molar-refractivity contribution in [2.75, 3.05) is 105 Å². The van der Waals surface area contributed by atoms with E-state index in [0.29, 0.717) is 13.1 Å². The Morgan fingerprint density at radius 2 is 0.613 bits per heavy atom. The molecule has 0 atom stereocenters. The van der Waals surface area contributed by atoms with E-state index in [2.05, 4.69) is 42.5 Å². The monoisotopic (exact) mass is 448 g/mol. The lowest BCUT2D eigenvalue weighted by molar-refractivity contribution is -0.136. The zero-order chi connectivity index (χ0) is 22.8. The van der Waals surface area contributed by atoms with E-state index in [4.69, 9.17) is 10.2 Å². The quantitative estimate of drug-likeness (QED) is 0.0588. The van der Waals surface area contributed by atoms with Crippen molar-refractivity contribution in [3.05, 3.63) is 0 Å². The molecule has 0 saturated heterocycles. The van der Waals surface area contributed by atoms with Crippen LogP contribution in [0.4, 0.5) is 0 Å². The number of hydrogen-bond acceptors (Lipinski definition) is 10. The molecule has 31 heavy (non-hydrogen) atoms. The third kappa shape index (κ3) is 28.6. The van der Waals surface area contributed by atoms with E-state index < -0.39 is 11.9 Å². The fourth-order valence-corrected chi connectivity index (χ4v) is 2.54. The van der Waals surface area contributed by atoms with Crippen molar-refractivity contribution in [2.45, 2.75) is 6.42 Å². The molecule has 0 saturated carbocycles. The van der Waals surface area contributed by atoms with Gasteiger partial charge in [0.15, 0.2) is 0 Å². The molecule has 0 aromatic rings. The molecule has 0 unspecified atom stereocenters. The van der Waals surface area contributed by atoms with Crippen molar-refractivity contribution >= 4 is 11.9 Å². The van der Waals surface area contributed by atoms with Crippen LogP contribution < -0.4 is 42.5 Å². The van der Waals surface area contributed by atoms with Crippen LogP contribution in [0.15, 0.2) is 0 Å². The molecule has 0 aliphatic heterocycles. The lowest BCUT2D eigenvalue weighted by Crippen LogP contribution is -2.37. The van der Waals surface area contributed by atoms with Gasteiger partial charge in [-0.15, -0.1) is 0 Å². The van der Waals surface area contributed by atoms with Crippen molar-refractivity contribution in [3.8, 4) is 0 Å². The summed E-state index contributed by atoms with van der Waals surface area (Å²) in [7, 11) is 0. The first-order valence-electron chi connectivity index (χ1n) is 11.2. The average molecular weight is 449 g/mol. The van der Waals surface area contributed by atoms with Gasteiger partial charge in [-0.3, -0.25) is 9.59 Å². The maximum absolute atomic E-state index is 10.3. The highest BCUT2D eigenvalue weighted by molar-refractivity contribution is 5.69. The van der Waals surface area contributed by atoms with Crippen LogP contribution in [0, 0.1) is 0 Å². The third-order valence-corrected chi connectivity index (χ3v) is 4.13. The minimum Gasteiger partial charge on any atom is -0.480 e. The summed E-state index contributed by atoms with van der Waals surface area (Å²) in [6.07, 6.45) is 1.09. The van der Waals surface area contributed by atoms with Gasteiger partial charge < -0.3 is 52.7 Å². The second-order valence-corrected chi connectivity index (χ2v) is 6.99. The lowest BCUT2D eigenvalue weighted by Gasteiger charge is -2.09. The van der Waals surface area contributed by atoms with Gasteiger partial charge in [0.25, 0.3) is 0 Å². The Labute approximate surface area is 186 Å². The molecule has 0 rings (SSSR count). The van der Waals surface area contributed by atoms with Crippen molar-refractivity contribution in [1.29, 1.82) is 0 Å².